The van der Waals surface area contributed by atoms with Crippen LogP contribution in [0.2, 0.25) is 5.02 Å². The summed E-state index contributed by atoms with van der Waals surface area (Å²) in [6.07, 6.45) is 0.969. The molecule has 0 amide bonds. The van der Waals surface area contributed by atoms with Gasteiger partial charge in [0.15, 0.2) is 0 Å². The number of hydrogen-bond acceptors (Lipinski definition) is 3. The molecule has 1 N–H and O–H groups in total. The zero-order valence-corrected chi connectivity index (χ0v) is 12.0. The van der Waals surface area contributed by atoms with E-state index >= 15 is 0 Å². The molecule has 2 rings (SSSR count). The number of likely N-dealkylation sites (tertiary alicyclic amines) is 1. The zero-order chi connectivity index (χ0) is 14.0. The van der Waals surface area contributed by atoms with Crippen LogP contribution in [-0.2, 0) is 4.79 Å². The van der Waals surface area contributed by atoms with Crippen molar-refractivity contribution in [3.8, 4) is 0 Å². The van der Waals surface area contributed by atoms with Crippen molar-refractivity contribution >= 4 is 23.3 Å². The van der Waals surface area contributed by atoms with E-state index in [1.54, 1.807) is 6.07 Å². The first-order valence-corrected chi connectivity index (χ1v) is 6.79. The molecular weight excluding hydrogens is 264 g/mol. The Morgan fingerprint density at radius 3 is 2.84 bits per heavy atom. The Hall–Kier alpha value is -1.26. The highest BCUT2D eigenvalue weighted by Gasteiger charge is 2.31. The molecule has 1 saturated heterocycles. The highest BCUT2D eigenvalue weighted by atomic mass is 35.5. The lowest BCUT2D eigenvalue weighted by Gasteiger charge is -2.29. The monoisotopic (exact) mass is 282 g/mol. The summed E-state index contributed by atoms with van der Waals surface area (Å²) in [6.45, 7) is 3.05. The molecule has 0 aromatic heterocycles. The van der Waals surface area contributed by atoms with Gasteiger partial charge in [0.05, 0.1) is 0 Å². The van der Waals surface area contributed by atoms with Crippen LogP contribution in [0, 0.1) is 0 Å². The van der Waals surface area contributed by atoms with E-state index in [0.717, 1.165) is 18.7 Å². The summed E-state index contributed by atoms with van der Waals surface area (Å²) in [5.74, 6) is -0.817. The topological polar surface area (TPSA) is 43.8 Å². The molecule has 0 bridgehead atoms. The van der Waals surface area contributed by atoms with Crippen molar-refractivity contribution in [1.29, 1.82) is 0 Å². The minimum atomic E-state index is -0.817. The summed E-state index contributed by atoms with van der Waals surface area (Å²) in [4.78, 5) is 15.3. The summed E-state index contributed by atoms with van der Waals surface area (Å²) in [5.41, 5.74) is 0.877. The van der Waals surface area contributed by atoms with Crippen LogP contribution in [0.1, 0.15) is 13.3 Å². The van der Waals surface area contributed by atoms with Crippen molar-refractivity contribution in [2.24, 2.45) is 0 Å². The Morgan fingerprint density at radius 1 is 1.58 bits per heavy atom. The molecule has 5 heteroatoms. The summed E-state index contributed by atoms with van der Waals surface area (Å²) in [7, 11) is 2.07. The molecule has 0 saturated carbocycles. The predicted molar refractivity (Wildman–Crippen MR) is 76.9 cm³/mol. The third kappa shape index (κ3) is 3.39. The van der Waals surface area contributed by atoms with Crippen LogP contribution < -0.4 is 4.90 Å². The van der Waals surface area contributed by atoms with E-state index in [4.69, 9.17) is 16.7 Å². The fourth-order valence-electron chi connectivity index (χ4n) is 2.62. The number of nitrogens with zero attached hydrogens (tertiary/aromatic N) is 2. The molecule has 1 aliphatic heterocycles. The summed E-state index contributed by atoms with van der Waals surface area (Å²) >= 11 is 6.00. The van der Waals surface area contributed by atoms with Crippen LogP contribution in [-0.4, -0.2) is 48.2 Å². The van der Waals surface area contributed by atoms with Crippen molar-refractivity contribution in [2.75, 3.05) is 25.0 Å². The molecule has 0 aliphatic carbocycles. The van der Waals surface area contributed by atoms with E-state index < -0.39 is 5.97 Å². The molecule has 1 heterocycles. The first-order chi connectivity index (χ1) is 8.97. The summed E-state index contributed by atoms with van der Waals surface area (Å²) in [6, 6.07) is 8.09. The fraction of sp³-hybridized carbons (Fsp3) is 0.500. The van der Waals surface area contributed by atoms with Crippen LogP contribution in [0.25, 0.3) is 0 Å². The number of benzene rings is 1. The summed E-state index contributed by atoms with van der Waals surface area (Å²) < 4.78 is 0. The van der Waals surface area contributed by atoms with Crippen LogP contribution in [0.15, 0.2) is 24.3 Å². The van der Waals surface area contributed by atoms with Gasteiger partial charge in [-0.15, -0.1) is 0 Å². The molecule has 19 heavy (non-hydrogen) atoms. The minimum absolute atomic E-state index is 0.00552. The number of carbonyl (C=O) groups is 1. The fourth-order valence-corrected chi connectivity index (χ4v) is 2.80. The maximum Gasteiger partial charge on any atom is 0.323 e. The lowest BCUT2D eigenvalue weighted by atomic mass is 10.1. The number of rotatable bonds is 4. The lowest BCUT2D eigenvalue weighted by molar-refractivity contribution is -0.135. The highest BCUT2D eigenvalue weighted by molar-refractivity contribution is 6.30. The lowest BCUT2D eigenvalue weighted by Crippen LogP contribution is -2.40. The molecule has 1 fully saturated rings. The van der Waals surface area contributed by atoms with Gasteiger partial charge in [-0.2, -0.15) is 0 Å². The largest absolute Gasteiger partial charge is 0.480 e. The molecule has 2 atom stereocenters. The molecule has 2 unspecified atom stereocenters. The standard InChI is InChI=1S/C14H19ClN2O2/c1-10-6-13(8-16(10)2)17(9-14(18)19)12-5-3-4-11(15)7-12/h3-5,7,10,13H,6,8-9H2,1-2H3,(H,18,19). The first kappa shape index (κ1) is 14.2. The third-order valence-corrected chi connectivity index (χ3v) is 3.99. The molecular formula is C14H19ClN2O2. The number of halogens is 1. The second kappa shape index (κ2) is 5.80. The van der Waals surface area contributed by atoms with Crippen molar-refractivity contribution in [3.63, 3.8) is 0 Å². The molecule has 1 aliphatic rings. The van der Waals surface area contributed by atoms with Gasteiger partial charge in [0.25, 0.3) is 0 Å². The number of carboxylic acids is 1. The molecule has 4 nitrogen and oxygen atoms in total. The van der Waals surface area contributed by atoms with Gasteiger partial charge in [-0.1, -0.05) is 17.7 Å². The normalized spacial score (nSPS) is 23.5. The number of hydrogen-bond donors (Lipinski definition) is 1. The summed E-state index contributed by atoms with van der Waals surface area (Å²) in [5, 5.41) is 9.75. The van der Waals surface area contributed by atoms with E-state index in [1.807, 2.05) is 23.1 Å². The van der Waals surface area contributed by atoms with Crippen molar-refractivity contribution in [1.82, 2.24) is 4.90 Å². The maximum atomic E-state index is 11.1. The molecule has 1 aromatic carbocycles. The van der Waals surface area contributed by atoms with Crippen LogP contribution >= 0.6 is 11.6 Å². The van der Waals surface area contributed by atoms with Gasteiger partial charge in [-0.25, -0.2) is 0 Å². The molecule has 0 radical (unpaired) electrons. The van der Waals surface area contributed by atoms with Gasteiger partial charge < -0.3 is 14.9 Å². The predicted octanol–water partition coefficient (Wildman–Crippen LogP) is 2.32. The quantitative estimate of drug-likeness (QED) is 0.920. The molecule has 1 aromatic rings. The van der Waals surface area contributed by atoms with E-state index in [-0.39, 0.29) is 12.6 Å². The highest BCUT2D eigenvalue weighted by Crippen LogP contribution is 2.27. The Labute approximate surface area is 118 Å². The Bertz CT molecular complexity index is 457. The van der Waals surface area contributed by atoms with E-state index in [0.29, 0.717) is 11.1 Å². The van der Waals surface area contributed by atoms with Crippen LogP contribution in [0.5, 0.6) is 0 Å². The molecule has 104 valence electrons. The van der Waals surface area contributed by atoms with Crippen molar-refractivity contribution in [2.45, 2.75) is 25.4 Å². The van der Waals surface area contributed by atoms with Gasteiger partial charge >= 0.3 is 5.97 Å². The SMILES string of the molecule is CC1CC(N(CC(=O)O)c2cccc(Cl)c2)CN1C. The first-order valence-electron chi connectivity index (χ1n) is 6.41. The minimum Gasteiger partial charge on any atom is -0.480 e. The number of anilines is 1. The second-order valence-corrected chi connectivity index (χ2v) is 5.62. The average Bonchev–Trinajstić information content (AvgIpc) is 2.66. The van der Waals surface area contributed by atoms with E-state index in [9.17, 15) is 4.79 Å². The van der Waals surface area contributed by atoms with Gasteiger partial charge in [-0.3, -0.25) is 4.79 Å². The number of aliphatic carboxylic acids is 1. The Kier molecular flexibility index (Phi) is 4.32. The van der Waals surface area contributed by atoms with Crippen LogP contribution in [0.3, 0.4) is 0 Å². The van der Waals surface area contributed by atoms with Crippen molar-refractivity contribution < 1.29 is 9.90 Å². The van der Waals surface area contributed by atoms with Crippen molar-refractivity contribution in [3.05, 3.63) is 29.3 Å². The van der Waals surface area contributed by atoms with E-state index in [1.165, 1.54) is 0 Å². The second-order valence-electron chi connectivity index (χ2n) is 5.18. The smallest absolute Gasteiger partial charge is 0.323 e. The average molecular weight is 283 g/mol. The Balaban J connectivity index is 2.23. The third-order valence-electron chi connectivity index (χ3n) is 3.75. The zero-order valence-electron chi connectivity index (χ0n) is 11.2. The maximum absolute atomic E-state index is 11.1. The van der Waals surface area contributed by atoms with E-state index in [2.05, 4.69) is 18.9 Å². The van der Waals surface area contributed by atoms with Gasteiger partial charge in [0.1, 0.15) is 6.54 Å². The van der Waals surface area contributed by atoms with Gasteiger partial charge in [0.2, 0.25) is 0 Å². The molecule has 0 spiro atoms. The Morgan fingerprint density at radius 2 is 2.32 bits per heavy atom. The van der Waals surface area contributed by atoms with Gasteiger partial charge in [0, 0.05) is 29.3 Å². The number of likely N-dealkylation sites (N-methyl/N-ethyl adjacent to an activating group) is 1. The van der Waals surface area contributed by atoms with Gasteiger partial charge in [-0.05, 0) is 38.6 Å². The number of carboxylic acid groups (broad SMARTS) is 1. The van der Waals surface area contributed by atoms with Crippen LogP contribution in [0.4, 0.5) is 5.69 Å².